The van der Waals surface area contributed by atoms with Crippen molar-refractivity contribution in [1.29, 1.82) is 0 Å². The number of hydrogen-bond donors (Lipinski definition) is 1. The summed E-state index contributed by atoms with van der Waals surface area (Å²) in [6, 6.07) is 3.81. The minimum atomic E-state index is -0.581. The molecule has 7 heteroatoms. The average molecular weight is 412 g/mol. The molecule has 7 nitrogen and oxygen atoms in total. The van der Waals surface area contributed by atoms with Crippen molar-refractivity contribution in [2.45, 2.75) is 71.8 Å². The molecule has 1 fully saturated rings. The quantitative estimate of drug-likeness (QED) is 0.759. The van der Waals surface area contributed by atoms with E-state index in [1.807, 2.05) is 51.7 Å². The molecule has 2 aromatic rings. The summed E-state index contributed by atoms with van der Waals surface area (Å²) in [6.07, 6.45) is 3.17. The zero-order valence-electron chi connectivity index (χ0n) is 18.3. The smallest absolute Gasteiger partial charge is 0.412 e. The third kappa shape index (κ3) is 3.93. The average Bonchev–Trinajstić information content (AvgIpc) is 3.43. The minimum absolute atomic E-state index is 0.0749. The van der Waals surface area contributed by atoms with Crippen LogP contribution in [0.15, 0.2) is 16.7 Å². The highest BCUT2D eigenvalue weighted by Crippen LogP contribution is 2.44. The molecule has 1 aliphatic carbocycles. The molecule has 0 unspecified atom stereocenters. The van der Waals surface area contributed by atoms with Gasteiger partial charge in [-0.1, -0.05) is 11.2 Å². The molecule has 1 aromatic heterocycles. The first-order chi connectivity index (χ1) is 14.2. The molecule has 0 spiro atoms. The van der Waals surface area contributed by atoms with E-state index in [0.29, 0.717) is 35.2 Å². The van der Waals surface area contributed by atoms with Gasteiger partial charge in [0.15, 0.2) is 5.76 Å². The minimum Gasteiger partial charge on any atom is -0.444 e. The predicted octanol–water partition coefficient (Wildman–Crippen LogP) is 5.11. The Morgan fingerprint density at radius 2 is 1.97 bits per heavy atom. The van der Waals surface area contributed by atoms with Crippen molar-refractivity contribution in [3.05, 3.63) is 40.3 Å². The standard InChI is InChI=1S/C23H29N3O4/c1-13-8-11-17(24-22(28)29-23(3,4)5)16-7-6-12-26(19(13)16)21(27)18-14(2)25-30-20(18)15-9-10-15/h8,11,15H,6-7,9-10,12H2,1-5H3,(H,24,28). The summed E-state index contributed by atoms with van der Waals surface area (Å²) < 4.78 is 10.9. The Morgan fingerprint density at radius 3 is 2.63 bits per heavy atom. The largest absolute Gasteiger partial charge is 0.444 e. The first kappa shape index (κ1) is 20.4. The van der Waals surface area contributed by atoms with Gasteiger partial charge >= 0.3 is 6.09 Å². The van der Waals surface area contributed by atoms with Gasteiger partial charge in [0, 0.05) is 18.2 Å². The molecule has 0 saturated heterocycles. The molecule has 0 atom stereocenters. The Labute approximate surface area is 176 Å². The summed E-state index contributed by atoms with van der Waals surface area (Å²) in [4.78, 5) is 27.7. The van der Waals surface area contributed by atoms with Crippen molar-refractivity contribution in [3.63, 3.8) is 0 Å². The Bertz CT molecular complexity index is 999. The monoisotopic (exact) mass is 411 g/mol. The Kier molecular flexibility index (Phi) is 5.08. The van der Waals surface area contributed by atoms with Crippen molar-refractivity contribution < 1.29 is 18.8 Å². The molecule has 1 N–H and O–H groups in total. The van der Waals surface area contributed by atoms with Crippen LogP contribution in [-0.4, -0.2) is 29.3 Å². The zero-order chi connectivity index (χ0) is 21.6. The highest BCUT2D eigenvalue weighted by Gasteiger charge is 2.37. The van der Waals surface area contributed by atoms with Crippen molar-refractivity contribution in [3.8, 4) is 0 Å². The maximum absolute atomic E-state index is 13.6. The number of aromatic nitrogens is 1. The maximum atomic E-state index is 13.6. The molecule has 1 saturated carbocycles. The molecular formula is C23H29N3O4. The van der Waals surface area contributed by atoms with Gasteiger partial charge < -0.3 is 14.2 Å². The number of aryl methyl sites for hydroxylation is 2. The number of nitrogens with one attached hydrogen (secondary N) is 1. The molecule has 2 aliphatic rings. The van der Waals surface area contributed by atoms with E-state index < -0.39 is 11.7 Å². The van der Waals surface area contributed by atoms with Crippen molar-refractivity contribution in [1.82, 2.24) is 5.16 Å². The Balaban J connectivity index is 1.68. The number of rotatable bonds is 3. The summed E-state index contributed by atoms with van der Waals surface area (Å²) in [5.41, 5.74) is 4.15. The molecule has 160 valence electrons. The number of ether oxygens (including phenoxy) is 1. The molecule has 2 heterocycles. The molecule has 4 rings (SSSR count). The second-order valence-electron chi connectivity index (χ2n) is 9.23. The number of nitrogens with zero attached hydrogens (tertiary/aromatic N) is 2. The maximum Gasteiger partial charge on any atom is 0.412 e. The number of amides is 2. The third-order valence-corrected chi connectivity index (χ3v) is 5.49. The van der Waals surface area contributed by atoms with Crippen molar-refractivity contribution in [2.75, 3.05) is 16.8 Å². The fraction of sp³-hybridized carbons (Fsp3) is 0.522. The fourth-order valence-electron chi connectivity index (χ4n) is 4.05. The number of hydrogen-bond acceptors (Lipinski definition) is 5. The summed E-state index contributed by atoms with van der Waals surface area (Å²) in [6.45, 7) is 9.92. The van der Waals surface area contributed by atoms with Gasteiger partial charge in [0.1, 0.15) is 11.2 Å². The number of anilines is 2. The van der Waals surface area contributed by atoms with E-state index in [4.69, 9.17) is 9.26 Å². The van der Waals surface area contributed by atoms with Gasteiger partial charge in [-0.25, -0.2) is 4.79 Å². The van der Waals surface area contributed by atoms with E-state index in [2.05, 4.69) is 10.5 Å². The van der Waals surface area contributed by atoms with Gasteiger partial charge in [-0.3, -0.25) is 10.1 Å². The van der Waals surface area contributed by atoms with E-state index in [9.17, 15) is 9.59 Å². The molecule has 30 heavy (non-hydrogen) atoms. The van der Waals surface area contributed by atoms with Gasteiger partial charge in [0.2, 0.25) is 0 Å². The van der Waals surface area contributed by atoms with Crippen LogP contribution in [0.3, 0.4) is 0 Å². The lowest BCUT2D eigenvalue weighted by molar-refractivity contribution is 0.0635. The predicted molar refractivity (Wildman–Crippen MR) is 114 cm³/mol. The molecular weight excluding hydrogens is 382 g/mol. The van der Waals surface area contributed by atoms with Crippen LogP contribution in [0.2, 0.25) is 0 Å². The van der Waals surface area contributed by atoms with Gasteiger partial charge in [-0.2, -0.15) is 0 Å². The third-order valence-electron chi connectivity index (χ3n) is 5.49. The van der Waals surface area contributed by atoms with Gasteiger partial charge in [-0.15, -0.1) is 0 Å². The molecule has 2 amide bonds. The second-order valence-corrected chi connectivity index (χ2v) is 9.23. The van der Waals surface area contributed by atoms with Crippen LogP contribution in [-0.2, 0) is 11.2 Å². The molecule has 0 radical (unpaired) electrons. The SMILES string of the molecule is Cc1ccc(NC(=O)OC(C)(C)C)c2c1N(C(=O)c1c(C)noc1C1CC1)CCC2. The summed E-state index contributed by atoms with van der Waals surface area (Å²) in [7, 11) is 0. The topological polar surface area (TPSA) is 84.7 Å². The molecule has 0 bridgehead atoms. The first-order valence-electron chi connectivity index (χ1n) is 10.6. The van der Waals surface area contributed by atoms with E-state index in [1.165, 1.54) is 0 Å². The van der Waals surface area contributed by atoms with Crippen LogP contribution in [0.4, 0.5) is 16.2 Å². The van der Waals surface area contributed by atoms with Gasteiger partial charge in [-0.05, 0) is 77.5 Å². The summed E-state index contributed by atoms with van der Waals surface area (Å²) >= 11 is 0. The van der Waals surface area contributed by atoms with Crippen LogP contribution < -0.4 is 10.2 Å². The summed E-state index contributed by atoms with van der Waals surface area (Å²) in [5, 5.41) is 6.94. The van der Waals surface area contributed by atoms with E-state index in [-0.39, 0.29) is 5.91 Å². The Morgan fingerprint density at radius 1 is 1.23 bits per heavy atom. The van der Waals surface area contributed by atoms with Crippen molar-refractivity contribution >= 4 is 23.4 Å². The Hall–Kier alpha value is -2.83. The van der Waals surface area contributed by atoms with Crippen LogP contribution in [0.25, 0.3) is 0 Å². The summed E-state index contributed by atoms with van der Waals surface area (Å²) in [5.74, 6) is 0.940. The lowest BCUT2D eigenvalue weighted by Crippen LogP contribution is -2.37. The number of fused-ring (bicyclic) bond motifs is 1. The van der Waals surface area contributed by atoms with Crippen LogP contribution in [0.5, 0.6) is 0 Å². The van der Waals surface area contributed by atoms with E-state index in [1.54, 1.807) is 0 Å². The lowest BCUT2D eigenvalue weighted by Gasteiger charge is -2.32. The van der Waals surface area contributed by atoms with E-state index >= 15 is 0 Å². The van der Waals surface area contributed by atoms with Gasteiger partial charge in [0.05, 0.1) is 11.4 Å². The number of benzene rings is 1. The second kappa shape index (κ2) is 7.45. The molecule has 1 aliphatic heterocycles. The van der Waals surface area contributed by atoms with E-state index in [0.717, 1.165) is 42.5 Å². The van der Waals surface area contributed by atoms with Crippen LogP contribution >= 0.6 is 0 Å². The lowest BCUT2D eigenvalue weighted by atomic mass is 9.95. The van der Waals surface area contributed by atoms with Crippen LogP contribution in [0, 0.1) is 13.8 Å². The first-order valence-corrected chi connectivity index (χ1v) is 10.6. The molecule has 1 aromatic carbocycles. The number of carbonyl (C=O) groups is 2. The highest BCUT2D eigenvalue weighted by molar-refractivity contribution is 6.09. The normalized spacial score (nSPS) is 16.2. The van der Waals surface area contributed by atoms with Crippen LogP contribution in [0.1, 0.15) is 78.9 Å². The zero-order valence-corrected chi connectivity index (χ0v) is 18.3. The van der Waals surface area contributed by atoms with Crippen molar-refractivity contribution in [2.24, 2.45) is 0 Å². The number of carbonyl (C=O) groups excluding carboxylic acids is 2. The van der Waals surface area contributed by atoms with Gasteiger partial charge in [0.25, 0.3) is 5.91 Å². The fourth-order valence-corrected chi connectivity index (χ4v) is 4.05. The highest BCUT2D eigenvalue weighted by atomic mass is 16.6.